The molecule has 1 aliphatic rings. The fourth-order valence-electron chi connectivity index (χ4n) is 3.51. The fraction of sp³-hybridized carbons (Fsp3) is 0.556. The van der Waals surface area contributed by atoms with Crippen LogP contribution in [0.4, 0.5) is 0 Å². The zero-order valence-corrected chi connectivity index (χ0v) is 14.7. The summed E-state index contributed by atoms with van der Waals surface area (Å²) in [5.41, 5.74) is 1.70. The van der Waals surface area contributed by atoms with Crippen molar-refractivity contribution < 1.29 is 9.53 Å². The minimum absolute atomic E-state index is 0.0397. The number of ether oxygens (including phenoxy) is 1. The van der Waals surface area contributed by atoms with E-state index in [4.69, 9.17) is 4.74 Å². The van der Waals surface area contributed by atoms with Crippen LogP contribution in [0.15, 0.2) is 24.7 Å². The van der Waals surface area contributed by atoms with Crippen molar-refractivity contribution in [1.82, 2.24) is 19.4 Å². The molecule has 1 aliphatic heterocycles. The molecule has 0 spiro atoms. The molecule has 1 fully saturated rings. The number of hydrogen-bond acceptors (Lipinski definition) is 3. The topological polar surface area (TPSA) is 61.1 Å². The van der Waals surface area contributed by atoms with Gasteiger partial charge < -0.3 is 19.2 Å². The number of imidazole rings is 1. The van der Waals surface area contributed by atoms with Crippen LogP contribution in [0.25, 0.3) is 0 Å². The molecular formula is C18H26N4O2. The lowest BCUT2D eigenvalue weighted by Gasteiger charge is -2.31. The predicted molar refractivity (Wildman–Crippen MR) is 91.8 cm³/mol. The maximum Gasteiger partial charge on any atom is 0.268 e. The Balaban J connectivity index is 1.88. The molecule has 0 saturated carbocycles. The number of nitrogens with one attached hydrogen (secondary N) is 1. The number of aromatic nitrogens is 3. The molecule has 0 radical (unpaired) electrons. The summed E-state index contributed by atoms with van der Waals surface area (Å²) in [5.74, 6) is 1.24. The first-order chi connectivity index (χ1) is 11.6. The molecule has 2 aromatic rings. The number of rotatable bonds is 5. The molecule has 1 amide bonds. The van der Waals surface area contributed by atoms with Gasteiger partial charge in [0.15, 0.2) is 0 Å². The van der Waals surface area contributed by atoms with Gasteiger partial charge in [0, 0.05) is 45.4 Å². The van der Waals surface area contributed by atoms with E-state index in [0.717, 1.165) is 44.0 Å². The van der Waals surface area contributed by atoms with Crippen LogP contribution in [0.1, 0.15) is 47.7 Å². The van der Waals surface area contributed by atoms with Crippen molar-refractivity contribution in [1.29, 1.82) is 0 Å². The highest BCUT2D eigenvalue weighted by atomic mass is 16.5. The first-order valence-corrected chi connectivity index (χ1v) is 8.63. The minimum atomic E-state index is -0.0920. The van der Waals surface area contributed by atoms with Crippen LogP contribution < -0.4 is 5.32 Å². The highest BCUT2D eigenvalue weighted by Crippen LogP contribution is 2.30. The number of aryl methyl sites for hydroxylation is 3. The average molecular weight is 330 g/mol. The first kappa shape index (κ1) is 16.8. The molecule has 0 aliphatic carbocycles. The third-order valence-corrected chi connectivity index (χ3v) is 4.88. The summed E-state index contributed by atoms with van der Waals surface area (Å²) in [6, 6.07) is 1.87. The van der Waals surface area contributed by atoms with E-state index in [2.05, 4.69) is 21.8 Å². The Morgan fingerprint density at radius 3 is 2.79 bits per heavy atom. The van der Waals surface area contributed by atoms with Crippen molar-refractivity contribution in [3.63, 3.8) is 0 Å². The van der Waals surface area contributed by atoms with E-state index in [0.29, 0.717) is 11.6 Å². The van der Waals surface area contributed by atoms with Gasteiger partial charge in [-0.2, -0.15) is 0 Å². The van der Waals surface area contributed by atoms with Crippen LogP contribution in [0.3, 0.4) is 0 Å². The quantitative estimate of drug-likeness (QED) is 0.916. The molecule has 1 saturated heterocycles. The lowest BCUT2D eigenvalue weighted by molar-refractivity contribution is 0.0497. The van der Waals surface area contributed by atoms with Crippen molar-refractivity contribution in [3.05, 3.63) is 41.7 Å². The van der Waals surface area contributed by atoms with Crippen LogP contribution in [-0.2, 0) is 18.3 Å². The van der Waals surface area contributed by atoms with E-state index in [1.165, 1.54) is 0 Å². The van der Waals surface area contributed by atoms with E-state index in [9.17, 15) is 4.79 Å². The highest BCUT2D eigenvalue weighted by molar-refractivity contribution is 5.94. The van der Waals surface area contributed by atoms with Crippen molar-refractivity contribution in [2.45, 2.75) is 39.3 Å². The molecule has 2 aromatic heterocycles. The lowest BCUT2D eigenvalue weighted by Crippen LogP contribution is -2.38. The van der Waals surface area contributed by atoms with Gasteiger partial charge in [-0.1, -0.05) is 0 Å². The molecule has 3 heterocycles. The molecule has 6 nitrogen and oxygen atoms in total. The molecule has 1 atom stereocenters. The molecule has 1 unspecified atom stereocenters. The molecule has 3 rings (SSSR count). The van der Waals surface area contributed by atoms with Gasteiger partial charge in [0.05, 0.1) is 6.04 Å². The third kappa shape index (κ3) is 3.24. The van der Waals surface area contributed by atoms with Crippen LogP contribution in [0, 0.1) is 12.8 Å². The minimum Gasteiger partial charge on any atom is -0.381 e. The Morgan fingerprint density at radius 2 is 2.17 bits per heavy atom. The Kier molecular flexibility index (Phi) is 5.04. The Hall–Kier alpha value is -2.08. The van der Waals surface area contributed by atoms with Gasteiger partial charge in [-0.05, 0) is 44.2 Å². The summed E-state index contributed by atoms with van der Waals surface area (Å²) < 4.78 is 9.48. The molecule has 0 aromatic carbocycles. The van der Waals surface area contributed by atoms with Gasteiger partial charge in [-0.25, -0.2) is 4.98 Å². The van der Waals surface area contributed by atoms with Crippen molar-refractivity contribution in [2.24, 2.45) is 13.0 Å². The number of nitrogens with zero attached hydrogens (tertiary/aromatic N) is 3. The van der Waals surface area contributed by atoms with E-state index in [1.54, 1.807) is 0 Å². The average Bonchev–Trinajstić information content (AvgIpc) is 3.19. The smallest absolute Gasteiger partial charge is 0.268 e. The molecule has 1 N–H and O–H groups in total. The van der Waals surface area contributed by atoms with Crippen molar-refractivity contribution in [3.8, 4) is 0 Å². The summed E-state index contributed by atoms with van der Waals surface area (Å²) in [4.78, 5) is 17.4. The van der Waals surface area contributed by atoms with Crippen molar-refractivity contribution >= 4 is 5.91 Å². The number of amides is 1. The van der Waals surface area contributed by atoms with Crippen LogP contribution >= 0.6 is 0 Å². The second-order valence-electron chi connectivity index (χ2n) is 6.43. The molecule has 24 heavy (non-hydrogen) atoms. The SMILES string of the molecule is CCn1ccnc1C(NC(=O)c1c(C)ccn1C)C1CCOCC1. The van der Waals surface area contributed by atoms with Crippen LogP contribution in [0.2, 0.25) is 0 Å². The second-order valence-corrected chi connectivity index (χ2v) is 6.43. The number of carbonyl (C=O) groups excluding carboxylic acids is 1. The summed E-state index contributed by atoms with van der Waals surface area (Å²) >= 11 is 0. The van der Waals surface area contributed by atoms with E-state index >= 15 is 0 Å². The number of carbonyl (C=O) groups is 1. The highest BCUT2D eigenvalue weighted by Gasteiger charge is 2.31. The monoisotopic (exact) mass is 330 g/mol. The maximum absolute atomic E-state index is 12.9. The Bertz CT molecular complexity index is 678. The first-order valence-electron chi connectivity index (χ1n) is 8.63. The zero-order valence-electron chi connectivity index (χ0n) is 14.7. The fourth-order valence-corrected chi connectivity index (χ4v) is 3.51. The largest absolute Gasteiger partial charge is 0.381 e. The van der Waals surface area contributed by atoms with E-state index in [-0.39, 0.29) is 11.9 Å². The Labute approximate surface area is 142 Å². The second kappa shape index (κ2) is 7.21. The van der Waals surface area contributed by atoms with Gasteiger partial charge in [-0.15, -0.1) is 0 Å². The van der Waals surface area contributed by atoms with Gasteiger partial charge >= 0.3 is 0 Å². The Morgan fingerprint density at radius 1 is 1.42 bits per heavy atom. The van der Waals surface area contributed by atoms with Crippen LogP contribution in [-0.4, -0.2) is 33.2 Å². The zero-order chi connectivity index (χ0) is 17.1. The summed E-state index contributed by atoms with van der Waals surface area (Å²) in [5, 5.41) is 3.25. The van der Waals surface area contributed by atoms with Gasteiger partial charge in [0.25, 0.3) is 5.91 Å². The standard InChI is InChI=1S/C18H26N4O2/c1-4-22-10-8-19-17(22)15(14-6-11-24-12-7-14)20-18(23)16-13(2)5-9-21(16)3/h5,8-10,14-15H,4,6-7,11-12H2,1-3H3,(H,20,23). The lowest BCUT2D eigenvalue weighted by atomic mass is 9.91. The maximum atomic E-state index is 12.9. The third-order valence-electron chi connectivity index (χ3n) is 4.88. The van der Waals surface area contributed by atoms with Crippen molar-refractivity contribution in [2.75, 3.05) is 13.2 Å². The van der Waals surface area contributed by atoms with Gasteiger partial charge in [0.1, 0.15) is 11.5 Å². The van der Waals surface area contributed by atoms with Gasteiger partial charge in [-0.3, -0.25) is 4.79 Å². The summed E-state index contributed by atoms with van der Waals surface area (Å²) in [6.45, 7) is 6.38. The van der Waals surface area contributed by atoms with Crippen LogP contribution in [0.5, 0.6) is 0 Å². The predicted octanol–water partition coefficient (Wildman–Crippen LogP) is 2.45. The summed E-state index contributed by atoms with van der Waals surface area (Å²) in [6.07, 6.45) is 7.58. The number of hydrogen-bond donors (Lipinski definition) is 1. The van der Waals surface area contributed by atoms with E-state index < -0.39 is 0 Å². The van der Waals surface area contributed by atoms with E-state index in [1.807, 2.05) is 43.2 Å². The molecule has 6 heteroatoms. The molecule has 130 valence electrons. The van der Waals surface area contributed by atoms with Gasteiger partial charge in [0.2, 0.25) is 0 Å². The summed E-state index contributed by atoms with van der Waals surface area (Å²) in [7, 11) is 1.90. The normalized spacial score (nSPS) is 17.0. The molecule has 0 bridgehead atoms. The molecular weight excluding hydrogens is 304 g/mol.